The highest BCUT2D eigenvalue weighted by molar-refractivity contribution is 5.72. The van der Waals surface area contributed by atoms with Crippen LogP contribution in [0.15, 0.2) is 162 Å². The predicted molar refractivity (Wildman–Crippen MR) is 246 cm³/mol. The topological polar surface area (TPSA) is 20.2 Å². The zero-order valence-electron chi connectivity index (χ0n) is 34.5. The molecule has 1 saturated carbocycles. The Morgan fingerprint density at radius 2 is 1.68 bits per heavy atom. The molecule has 3 nitrogen and oxygen atoms in total. The lowest BCUT2D eigenvalue weighted by Gasteiger charge is -2.40. The number of dihydropyridines is 1. The quantitative estimate of drug-likeness (QED) is 0.261. The van der Waals surface area contributed by atoms with Crippen LogP contribution in [0.2, 0.25) is 0 Å². The number of rotatable bonds is 5. The zero-order valence-corrected chi connectivity index (χ0v) is 34.5. The number of nitrogens with one attached hydrogen (secondary N) is 1. The second-order valence-electron chi connectivity index (χ2n) is 19.0. The highest BCUT2D eigenvalue weighted by atomic mass is 15.2. The number of fused-ring (bicyclic) bond motifs is 9. The average Bonchev–Trinajstić information content (AvgIpc) is 3.89. The van der Waals surface area contributed by atoms with Crippen molar-refractivity contribution in [2.75, 3.05) is 11.4 Å². The number of benzene rings is 2. The Morgan fingerprint density at radius 1 is 0.797 bits per heavy atom. The van der Waals surface area contributed by atoms with E-state index in [9.17, 15) is 0 Å². The van der Waals surface area contributed by atoms with Crippen molar-refractivity contribution in [3.8, 4) is 0 Å². The van der Waals surface area contributed by atoms with Gasteiger partial charge in [-0.1, -0.05) is 147 Å². The molecule has 0 radical (unpaired) electrons. The molecule has 3 heteroatoms. The lowest BCUT2D eigenvalue weighted by Crippen LogP contribution is -2.43. The molecular formula is C56H55N3. The van der Waals surface area contributed by atoms with Crippen LogP contribution < -0.4 is 20.8 Å². The van der Waals surface area contributed by atoms with Crippen molar-refractivity contribution in [1.29, 1.82) is 0 Å². The molecule has 12 rings (SSSR count). The van der Waals surface area contributed by atoms with Crippen LogP contribution in [0, 0.1) is 23.2 Å². The molecule has 2 aliphatic heterocycles. The number of anilines is 1. The predicted octanol–water partition coefficient (Wildman–Crippen LogP) is 10.7. The number of hydrogen-bond acceptors (Lipinski definition) is 2. The van der Waals surface area contributed by atoms with Gasteiger partial charge in [0.15, 0.2) is 0 Å². The lowest BCUT2D eigenvalue weighted by molar-refractivity contribution is 0.333. The van der Waals surface area contributed by atoms with E-state index in [-0.39, 0.29) is 5.41 Å². The van der Waals surface area contributed by atoms with E-state index < -0.39 is 0 Å². The van der Waals surface area contributed by atoms with Crippen LogP contribution >= 0.6 is 0 Å². The zero-order chi connectivity index (χ0) is 39.2. The fraction of sp³-hybridized carbons (Fsp3) is 0.321. The minimum absolute atomic E-state index is 0.180. The third-order valence-corrected chi connectivity index (χ3v) is 15.5. The number of para-hydroxylation sites is 1. The van der Waals surface area contributed by atoms with E-state index in [1.807, 2.05) is 0 Å². The van der Waals surface area contributed by atoms with Gasteiger partial charge in [0.1, 0.15) is 0 Å². The van der Waals surface area contributed by atoms with E-state index in [0.717, 1.165) is 45.1 Å². The normalized spacial score (nSPS) is 30.3. The summed E-state index contributed by atoms with van der Waals surface area (Å²) < 4.78 is 2.66. The summed E-state index contributed by atoms with van der Waals surface area (Å²) in [6, 6.07) is 21.4. The number of nitrogens with zero attached hydrogens (tertiary/aromatic N) is 2. The molecule has 7 atom stereocenters. The van der Waals surface area contributed by atoms with Crippen LogP contribution in [0.1, 0.15) is 86.6 Å². The fourth-order valence-corrected chi connectivity index (χ4v) is 12.8. The van der Waals surface area contributed by atoms with Crippen molar-refractivity contribution in [2.45, 2.75) is 82.7 Å². The van der Waals surface area contributed by atoms with Crippen molar-refractivity contribution in [3.05, 3.63) is 195 Å². The molecule has 0 amide bonds. The molecule has 0 bridgehead atoms. The first kappa shape index (κ1) is 35.4. The maximum atomic E-state index is 3.36. The second kappa shape index (κ2) is 13.8. The van der Waals surface area contributed by atoms with Crippen molar-refractivity contribution < 1.29 is 0 Å². The Morgan fingerprint density at radius 3 is 2.58 bits per heavy atom. The number of hydrogen-bond donors (Lipinski definition) is 1. The summed E-state index contributed by atoms with van der Waals surface area (Å²) in [6.45, 7) is 5.81. The van der Waals surface area contributed by atoms with E-state index in [1.54, 1.807) is 16.7 Å². The molecule has 0 saturated heterocycles. The summed E-state index contributed by atoms with van der Waals surface area (Å²) in [5, 5.41) is 6.21. The van der Waals surface area contributed by atoms with Crippen molar-refractivity contribution in [3.63, 3.8) is 0 Å². The van der Waals surface area contributed by atoms with E-state index in [0.29, 0.717) is 41.7 Å². The Labute approximate surface area is 350 Å². The van der Waals surface area contributed by atoms with Gasteiger partial charge in [-0.2, -0.15) is 0 Å². The van der Waals surface area contributed by atoms with Gasteiger partial charge < -0.3 is 14.8 Å². The van der Waals surface area contributed by atoms with E-state index in [2.05, 4.69) is 181 Å². The molecular weight excluding hydrogens is 715 g/mol. The molecule has 1 aromatic heterocycles. The standard InChI is InChI=1S/C56H55N3/c1-56(2)50-17-9-6-14-44(50)47-35-42(22-23-51(47)56)58-52-18-10-7-15-45(52)48-33-38(20-24-54(48)58)39-21-25-55-49(34-39)46-16-8-11-19-53(46)59(55)43-31-40(36-12-4-3-5-13-36)30-41(32-43)37-26-28-57-29-27-37/h3-10,12-18,23,25-28,31-35,39-40,42,44,48,50,54,57H,11,19-22,24,29-30H2,1-2H3. The molecule has 3 aromatic rings. The van der Waals surface area contributed by atoms with Crippen LogP contribution in [-0.2, 0) is 6.42 Å². The summed E-state index contributed by atoms with van der Waals surface area (Å²) >= 11 is 0. The van der Waals surface area contributed by atoms with Gasteiger partial charge in [-0.25, -0.2) is 0 Å². The van der Waals surface area contributed by atoms with E-state index >= 15 is 0 Å². The Hall–Kier alpha value is -5.54. The average molecular weight is 770 g/mol. The molecule has 1 fully saturated rings. The third kappa shape index (κ3) is 5.60. The van der Waals surface area contributed by atoms with Gasteiger partial charge in [-0.05, 0) is 114 Å². The first-order chi connectivity index (χ1) is 29.0. The van der Waals surface area contributed by atoms with Gasteiger partial charge in [0, 0.05) is 69.5 Å². The largest absolute Gasteiger partial charge is 0.387 e. The van der Waals surface area contributed by atoms with Crippen molar-refractivity contribution in [1.82, 2.24) is 9.88 Å². The molecule has 0 spiro atoms. The van der Waals surface area contributed by atoms with Crippen LogP contribution in [0.25, 0.3) is 23.9 Å². The molecule has 2 aromatic carbocycles. The summed E-state index contributed by atoms with van der Waals surface area (Å²) in [7, 11) is 0. The maximum Gasteiger partial charge on any atom is 0.0517 e. The minimum Gasteiger partial charge on any atom is -0.387 e. The first-order valence-corrected chi connectivity index (χ1v) is 22.6. The number of allylic oxidation sites excluding steroid dienone is 14. The monoisotopic (exact) mass is 769 g/mol. The van der Waals surface area contributed by atoms with E-state index in [1.165, 1.54) is 61.9 Å². The van der Waals surface area contributed by atoms with Crippen LogP contribution in [0.4, 0.5) is 5.69 Å². The van der Waals surface area contributed by atoms with Crippen LogP contribution in [0.3, 0.4) is 0 Å². The fourth-order valence-electron chi connectivity index (χ4n) is 12.8. The summed E-state index contributed by atoms with van der Waals surface area (Å²) in [6.07, 6.45) is 47.1. The smallest absolute Gasteiger partial charge is 0.0517 e. The molecule has 1 N–H and O–H groups in total. The van der Waals surface area contributed by atoms with Crippen LogP contribution in [-0.4, -0.2) is 23.2 Å². The van der Waals surface area contributed by atoms with Gasteiger partial charge in [0.05, 0.1) is 6.04 Å². The maximum absolute atomic E-state index is 3.36. The summed E-state index contributed by atoms with van der Waals surface area (Å²) in [5.41, 5.74) is 16.4. The van der Waals surface area contributed by atoms with Gasteiger partial charge in [-0.3, -0.25) is 0 Å². The Kier molecular flexibility index (Phi) is 8.26. The second-order valence-corrected chi connectivity index (χ2v) is 19.0. The third-order valence-electron chi connectivity index (χ3n) is 15.5. The lowest BCUT2D eigenvalue weighted by atomic mass is 9.75. The van der Waals surface area contributed by atoms with Gasteiger partial charge in [-0.15, -0.1) is 0 Å². The van der Waals surface area contributed by atoms with Crippen LogP contribution in [0.5, 0.6) is 0 Å². The Bertz CT molecular complexity index is 2710. The Balaban J connectivity index is 0.900. The summed E-state index contributed by atoms with van der Waals surface area (Å²) in [4.78, 5) is 2.85. The molecule has 3 heterocycles. The van der Waals surface area contributed by atoms with Crippen molar-refractivity contribution in [2.24, 2.45) is 23.2 Å². The highest BCUT2D eigenvalue weighted by Gasteiger charge is 2.49. The highest BCUT2D eigenvalue weighted by Crippen LogP contribution is 2.58. The number of aromatic nitrogens is 1. The molecule has 7 aliphatic carbocycles. The van der Waals surface area contributed by atoms with E-state index in [4.69, 9.17) is 0 Å². The minimum atomic E-state index is 0.180. The first-order valence-electron chi connectivity index (χ1n) is 22.6. The summed E-state index contributed by atoms with van der Waals surface area (Å²) in [5.74, 6) is 2.25. The van der Waals surface area contributed by atoms with Crippen molar-refractivity contribution >= 4 is 29.6 Å². The molecule has 59 heavy (non-hydrogen) atoms. The molecule has 9 aliphatic rings. The molecule has 294 valence electrons. The SMILES string of the molecule is CC1(C)C2=CCC(N3c4ccccc4C4C=C(C5C=c6c7c(n(C8=CC(c9ccccc9)CC(C9=CCNC=C9)=C8)c6=CC5)CCC=C7)CCC43)C=C2C2C=CC=CC21. The molecule has 7 unspecified atom stereocenters. The van der Waals surface area contributed by atoms with Gasteiger partial charge in [0.25, 0.3) is 0 Å². The van der Waals surface area contributed by atoms with Gasteiger partial charge >= 0.3 is 0 Å². The van der Waals surface area contributed by atoms with Gasteiger partial charge in [0.2, 0.25) is 0 Å².